The Bertz CT molecular complexity index is 1190. The maximum atomic E-state index is 13.3. The van der Waals surface area contributed by atoms with Crippen LogP contribution in [0.15, 0.2) is 12.1 Å². The summed E-state index contributed by atoms with van der Waals surface area (Å²) in [5.74, 6) is -0.325. The van der Waals surface area contributed by atoms with E-state index >= 15 is 0 Å². The molecule has 0 aliphatic carbocycles. The molecule has 0 fully saturated rings. The average molecular weight is 463 g/mol. The Morgan fingerprint density at radius 3 is 1.32 bits per heavy atom. The molecule has 0 spiro atoms. The van der Waals surface area contributed by atoms with Gasteiger partial charge in [-0.25, -0.2) is 16.8 Å². The van der Waals surface area contributed by atoms with Gasteiger partial charge in [-0.15, -0.1) is 0 Å². The molecule has 0 atom stereocenters. The minimum Gasteiger partial charge on any atom is -0.228 e. The van der Waals surface area contributed by atoms with Gasteiger partial charge in [-0.3, -0.25) is 0 Å². The standard InChI is InChI=1S/C25H34O4S2/c1-15-16(2)23-13-30(26,27)11-20-9-22(25(6,7)8)10-21(18(20)4)12-31(28,29)14-24(17(15)3)19(23)5/h9-10H,11-14H2,1-8H3. The molecule has 1 heterocycles. The molecule has 31 heavy (non-hydrogen) atoms. The molecule has 2 aromatic rings. The van der Waals surface area contributed by atoms with Crippen molar-refractivity contribution in [3.63, 3.8) is 0 Å². The van der Waals surface area contributed by atoms with Crippen LogP contribution < -0.4 is 0 Å². The summed E-state index contributed by atoms with van der Waals surface area (Å²) < 4.78 is 53.3. The average Bonchev–Trinajstić information content (AvgIpc) is 2.62. The predicted octanol–water partition coefficient (Wildman–Crippen LogP) is 5.07. The summed E-state index contributed by atoms with van der Waals surface area (Å²) in [6.45, 7) is 15.7. The van der Waals surface area contributed by atoms with E-state index in [1.165, 1.54) is 0 Å². The van der Waals surface area contributed by atoms with E-state index in [1.54, 1.807) is 0 Å². The van der Waals surface area contributed by atoms with Crippen LogP contribution in [0, 0.1) is 34.6 Å². The van der Waals surface area contributed by atoms with Crippen LogP contribution in [-0.2, 0) is 48.1 Å². The van der Waals surface area contributed by atoms with Gasteiger partial charge in [0.05, 0.1) is 23.0 Å². The van der Waals surface area contributed by atoms with Crippen molar-refractivity contribution in [1.82, 2.24) is 0 Å². The van der Waals surface area contributed by atoms with Crippen LogP contribution in [0.2, 0.25) is 0 Å². The summed E-state index contributed by atoms with van der Waals surface area (Å²) in [5.41, 5.74) is 8.08. The maximum absolute atomic E-state index is 13.3. The van der Waals surface area contributed by atoms with Gasteiger partial charge in [0.25, 0.3) is 0 Å². The molecule has 1 aliphatic rings. The lowest BCUT2D eigenvalue weighted by Crippen LogP contribution is -2.20. The maximum Gasteiger partial charge on any atom is 0.158 e. The topological polar surface area (TPSA) is 68.3 Å². The van der Waals surface area contributed by atoms with E-state index in [0.717, 1.165) is 44.5 Å². The Labute approximate surface area is 187 Å². The molecular weight excluding hydrogens is 428 g/mol. The zero-order valence-electron chi connectivity index (χ0n) is 19.9. The molecule has 0 radical (unpaired) electrons. The normalized spacial score (nSPS) is 18.2. The van der Waals surface area contributed by atoms with Crippen LogP contribution >= 0.6 is 0 Å². The molecular formula is C25H34O4S2. The van der Waals surface area contributed by atoms with Crippen molar-refractivity contribution in [1.29, 1.82) is 0 Å². The van der Waals surface area contributed by atoms with Crippen molar-refractivity contribution in [3.8, 4) is 0 Å². The number of sulfone groups is 2. The highest BCUT2D eigenvalue weighted by atomic mass is 32.2. The summed E-state index contributed by atoms with van der Waals surface area (Å²) in [7, 11) is -6.89. The lowest BCUT2D eigenvalue weighted by atomic mass is 9.84. The van der Waals surface area contributed by atoms with Crippen molar-refractivity contribution in [2.75, 3.05) is 0 Å². The third-order valence-corrected chi connectivity index (χ3v) is 9.86. The molecule has 4 nitrogen and oxygen atoms in total. The fourth-order valence-corrected chi connectivity index (χ4v) is 8.00. The summed E-state index contributed by atoms with van der Waals surface area (Å²) in [5, 5.41) is 0. The van der Waals surface area contributed by atoms with Gasteiger partial charge in [0.2, 0.25) is 0 Å². The van der Waals surface area contributed by atoms with Crippen LogP contribution in [0.1, 0.15) is 76.4 Å². The highest BCUT2D eigenvalue weighted by Crippen LogP contribution is 2.34. The van der Waals surface area contributed by atoms with Crippen molar-refractivity contribution >= 4 is 19.7 Å². The Hall–Kier alpha value is -1.66. The van der Waals surface area contributed by atoms with E-state index in [0.29, 0.717) is 11.1 Å². The fourth-order valence-electron chi connectivity index (χ4n) is 4.50. The molecule has 4 bridgehead atoms. The molecule has 0 aromatic heterocycles. The second-order valence-corrected chi connectivity index (χ2v) is 14.3. The number of hydrogen-bond donors (Lipinski definition) is 0. The molecule has 3 rings (SSSR count). The van der Waals surface area contributed by atoms with E-state index in [2.05, 4.69) is 20.8 Å². The van der Waals surface area contributed by atoms with Gasteiger partial charge >= 0.3 is 0 Å². The van der Waals surface area contributed by atoms with Crippen molar-refractivity contribution in [2.45, 2.75) is 83.8 Å². The highest BCUT2D eigenvalue weighted by molar-refractivity contribution is 7.90. The third-order valence-electron chi connectivity index (χ3n) is 6.90. The smallest absolute Gasteiger partial charge is 0.158 e. The Kier molecular flexibility index (Phi) is 5.98. The number of benzene rings is 2. The van der Waals surface area contributed by atoms with Crippen molar-refractivity contribution in [2.24, 2.45) is 0 Å². The van der Waals surface area contributed by atoms with Gasteiger partial charge in [0.1, 0.15) is 0 Å². The third kappa shape index (κ3) is 4.75. The zero-order chi connectivity index (χ0) is 23.5. The molecule has 170 valence electrons. The Morgan fingerprint density at radius 1 is 0.581 bits per heavy atom. The zero-order valence-corrected chi connectivity index (χ0v) is 21.6. The SMILES string of the molecule is Cc1c2cc(C(C)(C)C)cc1CS(=O)(=O)Cc1c(C)c(C)c(C)c(c1C)CS(=O)(=O)C2. The summed E-state index contributed by atoms with van der Waals surface area (Å²) in [6.07, 6.45) is 0. The molecule has 2 aromatic carbocycles. The molecule has 0 saturated heterocycles. The first kappa shape index (κ1) is 24.0. The van der Waals surface area contributed by atoms with Gasteiger partial charge < -0.3 is 0 Å². The van der Waals surface area contributed by atoms with Gasteiger partial charge in [-0.1, -0.05) is 32.9 Å². The van der Waals surface area contributed by atoms with Crippen LogP contribution in [0.5, 0.6) is 0 Å². The minimum atomic E-state index is -3.44. The van der Waals surface area contributed by atoms with Crippen molar-refractivity contribution < 1.29 is 16.8 Å². The monoisotopic (exact) mass is 462 g/mol. The van der Waals surface area contributed by atoms with Crippen LogP contribution in [0.25, 0.3) is 0 Å². The van der Waals surface area contributed by atoms with Gasteiger partial charge in [0.15, 0.2) is 19.7 Å². The van der Waals surface area contributed by atoms with Crippen LogP contribution in [0.3, 0.4) is 0 Å². The lowest BCUT2D eigenvalue weighted by Gasteiger charge is -2.25. The number of fused-ring (bicyclic) bond motifs is 4. The Morgan fingerprint density at radius 2 is 0.968 bits per heavy atom. The molecule has 1 aliphatic heterocycles. The molecule has 0 saturated carbocycles. The summed E-state index contributed by atoms with van der Waals surface area (Å²) in [4.78, 5) is 0. The van der Waals surface area contributed by atoms with E-state index in [1.807, 2.05) is 46.8 Å². The van der Waals surface area contributed by atoms with E-state index in [-0.39, 0.29) is 28.4 Å². The largest absolute Gasteiger partial charge is 0.228 e. The first-order valence-corrected chi connectivity index (χ1v) is 14.3. The molecule has 6 heteroatoms. The first-order valence-electron chi connectivity index (χ1n) is 10.6. The van der Waals surface area contributed by atoms with Crippen molar-refractivity contribution in [3.05, 3.63) is 67.8 Å². The van der Waals surface area contributed by atoms with Gasteiger partial charge in [-0.05, 0) is 95.7 Å². The summed E-state index contributed by atoms with van der Waals surface area (Å²) >= 11 is 0. The minimum absolute atomic E-state index is 0.0760. The van der Waals surface area contributed by atoms with Crippen LogP contribution in [-0.4, -0.2) is 16.8 Å². The Balaban J connectivity index is 2.35. The second-order valence-electron chi connectivity index (χ2n) is 10.2. The molecule has 0 N–H and O–H groups in total. The van der Waals surface area contributed by atoms with E-state index < -0.39 is 19.7 Å². The lowest BCUT2D eigenvalue weighted by molar-refractivity contribution is 0.584. The van der Waals surface area contributed by atoms with E-state index in [4.69, 9.17) is 0 Å². The molecule has 0 amide bonds. The quantitative estimate of drug-likeness (QED) is 0.548. The number of rotatable bonds is 0. The van der Waals surface area contributed by atoms with Crippen LogP contribution in [0.4, 0.5) is 0 Å². The van der Waals surface area contributed by atoms with E-state index in [9.17, 15) is 16.8 Å². The predicted molar refractivity (Wildman–Crippen MR) is 128 cm³/mol. The highest BCUT2D eigenvalue weighted by Gasteiger charge is 2.28. The summed E-state index contributed by atoms with van der Waals surface area (Å²) in [6, 6.07) is 3.89. The number of hydrogen-bond acceptors (Lipinski definition) is 4. The van der Waals surface area contributed by atoms with Gasteiger partial charge in [-0.2, -0.15) is 0 Å². The van der Waals surface area contributed by atoms with Gasteiger partial charge in [0, 0.05) is 0 Å². The fraction of sp³-hybridized carbons (Fsp3) is 0.520. The molecule has 0 unspecified atom stereocenters. The first-order chi connectivity index (χ1) is 14.0. The second kappa shape index (κ2) is 7.73.